The van der Waals surface area contributed by atoms with Gasteiger partial charge in [-0.3, -0.25) is 9.69 Å². The molecule has 2 atom stereocenters. The lowest BCUT2D eigenvalue weighted by Crippen LogP contribution is -2.52. The number of esters is 1. The maximum absolute atomic E-state index is 13.1. The highest BCUT2D eigenvalue weighted by Gasteiger charge is 2.55. The number of hydrogen-bond donors (Lipinski definition) is 0. The highest BCUT2D eigenvalue weighted by molar-refractivity contribution is 5.99. The Balaban J connectivity index is 1.98. The summed E-state index contributed by atoms with van der Waals surface area (Å²) in [5.74, 6) is -1.30. The molecule has 8 nitrogen and oxygen atoms in total. The van der Waals surface area contributed by atoms with E-state index in [4.69, 9.17) is 14.2 Å². The number of fused-ring (bicyclic) bond motifs is 1. The summed E-state index contributed by atoms with van der Waals surface area (Å²) in [4.78, 5) is 40.6. The Bertz CT molecular complexity index is 942. The lowest BCUT2D eigenvalue weighted by atomic mass is 9.96. The molecule has 0 unspecified atom stereocenters. The van der Waals surface area contributed by atoms with E-state index in [1.807, 2.05) is 0 Å². The first-order valence-electron chi connectivity index (χ1n) is 9.92. The molecular formula is C21H25F3N2O6. The van der Waals surface area contributed by atoms with E-state index in [1.54, 1.807) is 20.8 Å². The van der Waals surface area contributed by atoms with Gasteiger partial charge in [0.05, 0.1) is 24.4 Å². The molecular weight excluding hydrogens is 433 g/mol. The maximum atomic E-state index is 13.1. The zero-order valence-corrected chi connectivity index (χ0v) is 18.4. The number of rotatable bonds is 2. The summed E-state index contributed by atoms with van der Waals surface area (Å²) in [6.45, 7) is 5.98. The highest BCUT2D eigenvalue weighted by atomic mass is 19.4. The van der Waals surface area contributed by atoms with Gasteiger partial charge in [-0.25, -0.2) is 9.59 Å². The topological polar surface area (TPSA) is 85.4 Å². The molecule has 0 aliphatic carbocycles. The van der Waals surface area contributed by atoms with E-state index in [1.165, 1.54) is 23.8 Å². The molecule has 3 rings (SSSR count). The largest absolute Gasteiger partial charge is 0.482 e. The SMILES string of the molecule is COC(=O)[C@@]1(C)C[C@H](N2C(=O)COc3cc(C(F)(F)F)ccc32)CN1C(=O)OC(C)(C)C. The van der Waals surface area contributed by atoms with Crippen molar-refractivity contribution in [2.45, 2.75) is 57.5 Å². The summed E-state index contributed by atoms with van der Waals surface area (Å²) in [7, 11) is 1.18. The zero-order valence-electron chi connectivity index (χ0n) is 18.4. The molecule has 1 aromatic carbocycles. The van der Waals surface area contributed by atoms with Gasteiger partial charge in [-0.2, -0.15) is 13.2 Å². The monoisotopic (exact) mass is 458 g/mol. The van der Waals surface area contributed by atoms with Gasteiger partial charge in [-0.05, 0) is 45.9 Å². The van der Waals surface area contributed by atoms with Gasteiger partial charge in [0.25, 0.3) is 5.91 Å². The van der Waals surface area contributed by atoms with Gasteiger partial charge < -0.3 is 19.1 Å². The van der Waals surface area contributed by atoms with Crippen molar-refractivity contribution in [3.63, 3.8) is 0 Å². The van der Waals surface area contributed by atoms with Crippen LogP contribution in [0.2, 0.25) is 0 Å². The number of benzene rings is 1. The molecule has 0 radical (unpaired) electrons. The van der Waals surface area contributed by atoms with Gasteiger partial charge >= 0.3 is 18.2 Å². The molecule has 1 fully saturated rings. The molecule has 0 spiro atoms. The van der Waals surface area contributed by atoms with Crippen molar-refractivity contribution >= 4 is 23.7 Å². The van der Waals surface area contributed by atoms with Gasteiger partial charge in [0, 0.05) is 13.0 Å². The van der Waals surface area contributed by atoms with Gasteiger partial charge in [-0.15, -0.1) is 0 Å². The van der Waals surface area contributed by atoms with Crippen molar-refractivity contribution in [2.75, 3.05) is 25.2 Å². The van der Waals surface area contributed by atoms with E-state index in [0.717, 1.165) is 18.2 Å². The van der Waals surface area contributed by atoms with E-state index < -0.39 is 53.5 Å². The van der Waals surface area contributed by atoms with Crippen molar-refractivity contribution in [3.05, 3.63) is 23.8 Å². The smallest absolute Gasteiger partial charge is 0.416 e. The van der Waals surface area contributed by atoms with Crippen LogP contribution in [0, 0.1) is 0 Å². The minimum Gasteiger partial charge on any atom is -0.482 e. The first-order valence-corrected chi connectivity index (χ1v) is 9.92. The van der Waals surface area contributed by atoms with Gasteiger partial charge in [-0.1, -0.05) is 0 Å². The Morgan fingerprint density at radius 2 is 1.88 bits per heavy atom. The predicted octanol–water partition coefficient (Wildman–Crippen LogP) is 3.37. The van der Waals surface area contributed by atoms with Crippen LogP contribution in [0.1, 0.15) is 39.7 Å². The molecule has 2 aliphatic rings. The molecule has 32 heavy (non-hydrogen) atoms. The molecule has 1 aromatic rings. The Labute approximate surface area is 183 Å². The van der Waals surface area contributed by atoms with Crippen LogP contribution in [0.4, 0.5) is 23.7 Å². The summed E-state index contributed by atoms with van der Waals surface area (Å²) in [6, 6.07) is 2.13. The number of hydrogen-bond acceptors (Lipinski definition) is 6. The normalized spacial score (nSPS) is 23.5. The van der Waals surface area contributed by atoms with Crippen molar-refractivity contribution in [1.29, 1.82) is 0 Å². The van der Waals surface area contributed by atoms with Crippen LogP contribution in [0.3, 0.4) is 0 Å². The number of ether oxygens (including phenoxy) is 3. The van der Waals surface area contributed by atoms with Crippen LogP contribution < -0.4 is 9.64 Å². The Kier molecular flexibility index (Phi) is 5.82. The van der Waals surface area contributed by atoms with E-state index >= 15 is 0 Å². The van der Waals surface area contributed by atoms with Crippen LogP contribution >= 0.6 is 0 Å². The number of carbonyl (C=O) groups excluding carboxylic acids is 3. The molecule has 1 saturated heterocycles. The molecule has 2 heterocycles. The van der Waals surface area contributed by atoms with Crippen LogP contribution in [-0.4, -0.2) is 60.3 Å². The molecule has 0 saturated carbocycles. The third-order valence-electron chi connectivity index (χ3n) is 5.39. The average molecular weight is 458 g/mol. The third kappa shape index (κ3) is 4.33. The first kappa shape index (κ1) is 23.7. The second kappa shape index (κ2) is 7.86. The highest BCUT2D eigenvalue weighted by Crippen LogP contribution is 2.42. The second-order valence-corrected chi connectivity index (χ2v) is 8.95. The minimum absolute atomic E-state index is 0.00508. The number of carbonyl (C=O) groups is 3. The van der Waals surface area contributed by atoms with Gasteiger partial charge in [0.2, 0.25) is 0 Å². The number of likely N-dealkylation sites (tertiary alicyclic amines) is 1. The Morgan fingerprint density at radius 3 is 2.44 bits per heavy atom. The first-order chi connectivity index (χ1) is 14.7. The van der Waals surface area contributed by atoms with Crippen LogP contribution in [-0.2, 0) is 25.2 Å². The predicted molar refractivity (Wildman–Crippen MR) is 106 cm³/mol. The molecule has 0 N–H and O–H groups in total. The van der Waals surface area contributed by atoms with Crippen LogP contribution in [0.15, 0.2) is 18.2 Å². The number of halogens is 3. The standard InChI is InChI=1S/C21H25F3N2O6/c1-19(2,3)32-18(29)25-10-13(9-20(25,4)17(28)30-5)26-14-7-6-12(21(22,23)24)8-15(14)31-11-16(26)27/h6-8,13H,9-11H2,1-5H3/t13-,20+/m0/s1. The number of methoxy groups -OCH3 is 1. The number of nitrogens with zero attached hydrogens (tertiary/aromatic N) is 2. The van der Waals surface area contributed by atoms with Crippen molar-refractivity contribution < 1.29 is 41.8 Å². The van der Waals surface area contributed by atoms with Gasteiger partial charge in [0.1, 0.15) is 16.9 Å². The molecule has 0 bridgehead atoms. The van der Waals surface area contributed by atoms with Crippen molar-refractivity contribution in [2.24, 2.45) is 0 Å². The average Bonchev–Trinajstić information content (AvgIpc) is 3.03. The number of alkyl halides is 3. The fraction of sp³-hybridized carbons (Fsp3) is 0.571. The maximum Gasteiger partial charge on any atom is 0.416 e. The third-order valence-corrected chi connectivity index (χ3v) is 5.39. The molecule has 2 amide bonds. The van der Waals surface area contributed by atoms with E-state index in [0.29, 0.717) is 0 Å². The molecule has 2 aliphatic heterocycles. The molecule has 0 aromatic heterocycles. The van der Waals surface area contributed by atoms with Crippen LogP contribution in [0.25, 0.3) is 0 Å². The van der Waals surface area contributed by atoms with E-state index in [9.17, 15) is 27.6 Å². The summed E-state index contributed by atoms with van der Waals surface area (Å²) in [5, 5.41) is 0. The quantitative estimate of drug-likeness (QED) is 0.632. The van der Waals surface area contributed by atoms with E-state index in [-0.39, 0.29) is 24.4 Å². The fourth-order valence-corrected chi connectivity index (χ4v) is 3.97. The minimum atomic E-state index is -4.57. The summed E-state index contributed by atoms with van der Waals surface area (Å²) < 4.78 is 54.8. The summed E-state index contributed by atoms with van der Waals surface area (Å²) in [6.07, 6.45) is -5.33. The van der Waals surface area contributed by atoms with E-state index in [2.05, 4.69) is 0 Å². The lowest BCUT2D eigenvalue weighted by Gasteiger charge is -2.34. The number of anilines is 1. The summed E-state index contributed by atoms with van der Waals surface area (Å²) >= 11 is 0. The molecule has 176 valence electrons. The zero-order chi connectivity index (χ0) is 24.1. The summed E-state index contributed by atoms with van der Waals surface area (Å²) in [5.41, 5.74) is -3.04. The molecule has 11 heteroatoms. The second-order valence-electron chi connectivity index (χ2n) is 8.95. The lowest BCUT2D eigenvalue weighted by molar-refractivity contribution is -0.152. The van der Waals surface area contributed by atoms with Crippen molar-refractivity contribution in [3.8, 4) is 5.75 Å². The van der Waals surface area contributed by atoms with Crippen molar-refractivity contribution in [1.82, 2.24) is 4.90 Å². The Hall–Kier alpha value is -2.98. The number of amides is 2. The Morgan fingerprint density at radius 1 is 1.22 bits per heavy atom. The van der Waals surface area contributed by atoms with Crippen LogP contribution in [0.5, 0.6) is 5.75 Å². The van der Waals surface area contributed by atoms with Gasteiger partial charge in [0.15, 0.2) is 6.61 Å². The fourth-order valence-electron chi connectivity index (χ4n) is 3.97.